The molecule has 40 heavy (non-hydrogen) atoms. The van der Waals surface area contributed by atoms with Crippen LogP contribution in [0.3, 0.4) is 0 Å². The fourth-order valence-corrected chi connectivity index (χ4v) is 4.97. The monoisotopic (exact) mass is 583 g/mol. The maximum Gasteiger partial charge on any atom is 0.434 e. The van der Waals surface area contributed by atoms with Crippen LogP contribution >= 0.6 is 10.0 Å². The van der Waals surface area contributed by atoms with Gasteiger partial charge in [0.25, 0.3) is 0 Å². The van der Waals surface area contributed by atoms with Crippen LogP contribution in [0.5, 0.6) is 5.88 Å². The molecule has 2 heterocycles. The lowest BCUT2D eigenvalue weighted by Gasteiger charge is -2.36. The number of carboxylic acids is 1. The van der Waals surface area contributed by atoms with Crippen molar-refractivity contribution in [1.82, 2.24) is 14.5 Å². The third-order valence-electron chi connectivity index (χ3n) is 7.00. The Bertz CT molecular complexity index is 1380. The first-order chi connectivity index (χ1) is 18.7. The number of hydrogen-bond donors (Lipinski definition) is 1. The zero-order valence-electron chi connectivity index (χ0n) is 22.8. The lowest BCUT2D eigenvalue weighted by molar-refractivity contribution is -0.157. The Hall–Kier alpha value is -3.12. The number of rotatable bonds is 11. The van der Waals surface area contributed by atoms with Crippen LogP contribution in [0, 0.1) is 18.2 Å². The van der Waals surface area contributed by atoms with E-state index in [1.54, 1.807) is 19.1 Å². The van der Waals surface area contributed by atoms with Crippen LogP contribution in [0.1, 0.15) is 30.5 Å². The molecule has 0 spiro atoms. The number of aromatic nitrogens is 3. The van der Waals surface area contributed by atoms with E-state index in [1.165, 1.54) is 22.9 Å². The first kappa shape index (κ1) is 29.9. The summed E-state index contributed by atoms with van der Waals surface area (Å²) in [7, 11) is -0.842. The van der Waals surface area contributed by atoms with Crippen molar-refractivity contribution < 1.29 is 36.9 Å². The largest absolute Gasteiger partial charge is 0.481 e. The van der Waals surface area contributed by atoms with Crippen LogP contribution in [-0.2, 0) is 22.4 Å². The lowest BCUT2D eigenvalue weighted by atomic mass is 9.69. The van der Waals surface area contributed by atoms with Crippen LogP contribution in [0.25, 0.3) is 22.5 Å². The van der Waals surface area contributed by atoms with Crippen molar-refractivity contribution in [2.75, 3.05) is 37.7 Å². The molecule has 0 saturated heterocycles. The molecule has 1 N–H and O–H groups in total. The summed E-state index contributed by atoms with van der Waals surface area (Å²) in [5.74, 6) is -0.764. The molecule has 2 aromatic heterocycles. The van der Waals surface area contributed by atoms with Gasteiger partial charge in [-0.3, -0.25) is 4.79 Å². The number of carbonyl (C=O) groups is 1. The van der Waals surface area contributed by atoms with Crippen LogP contribution in [-0.4, -0.2) is 63.3 Å². The first-order valence-corrected chi connectivity index (χ1v) is 15.7. The summed E-state index contributed by atoms with van der Waals surface area (Å²) in [4.78, 5) is 19.5. The number of imidazole rings is 1. The number of carboxylic acid groups (broad SMARTS) is 1. The molecule has 1 aromatic carbocycles. The van der Waals surface area contributed by atoms with Crippen molar-refractivity contribution in [1.29, 1.82) is 0 Å². The van der Waals surface area contributed by atoms with E-state index < -0.39 is 39.1 Å². The van der Waals surface area contributed by atoms with Crippen molar-refractivity contribution in [3.05, 3.63) is 53.7 Å². The molecule has 0 atom stereocenters. The molecule has 1 fully saturated rings. The normalized spacial score (nSPS) is 15.5. The number of nitrogens with zero attached hydrogens (tertiary/aromatic N) is 3. The highest BCUT2D eigenvalue weighted by Gasteiger charge is 2.45. The Morgan fingerprint density at radius 1 is 1.18 bits per heavy atom. The third kappa shape index (κ3) is 6.77. The van der Waals surface area contributed by atoms with Gasteiger partial charge in [0.05, 0.1) is 12.2 Å². The number of aliphatic carboxylic acids is 1. The first-order valence-electron chi connectivity index (χ1n) is 12.7. The van der Waals surface area contributed by atoms with Gasteiger partial charge in [0.2, 0.25) is 5.88 Å². The van der Waals surface area contributed by atoms with E-state index in [0.29, 0.717) is 36.1 Å². The van der Waals surface area contributed by atoms with Crippen molar-refractivity contribution in [3.8, 4) is 28.4 Å². The summed E-state index contributed by atoms with van der Waals surface area (Å²) in [6.07, 6.45) is 5.92. The van der Waals surface area contributed by atoms with Crippen LogP contribution < -0.4 is 4.74 Å². The average molecular weight is 584 g/mol. The number of alkyl halides is 3. The molecule has 0 aliphatic heterocycles. The van der Waals surface area contributed by atoms with Crippen molar-refractivity contribution in [2.24, 2.45) is 5.41 Å². The molecule has 1 aliphatic rings. The van der Waals surface area contributed by atoms with Crippen LogP contribution in [0.15, 0.2) is 36.7 Å². The van der Waals surface area contributed by atoms with Gasteiger partial charge in [0, 0.05) is 29.8 Å². The summed E-state index contributed by atoms with van der Waals surface area (Å²) in [6.45, 7) is 1.97. The van der Waals surface area contributed by atoms with Gasteiger partial charge in [-0.1, -0.05) is 12.5 Å². The second-order valence-corrected chi connectivity index (χ2v) is 15.6. The van der Waals surface area contributed by atoms with Gasteiger partial charge >= 0.3 is 12.1 Å². The Kier molecular flexibility index (Phi) is 8.51. The van der Waals surface area contributed by atoms with Crippen LogP contribution in [0.2, 0.25) is 0 Å². The zero-order chi connectivity index (χ0) is 29.3. The van der Waals surface area contributed by atoms with E-state index in [2.05, 4.69) is 28.7 Å². The molecule has 0 unspecified atom stereocenters. The van der Waals surface area contributed by atoms with Gasteiger partial charge in [-0.15, -0.1) is 0 Å². The minimum absolute atomic E-state index is 0.0189. The van der Waals surface area contributed by atoms with Gasteiger partial charge in [-0.2, -0.15) is 13.2 Å². The summed E-state index contributed by atoms with van der Waals surface area (Å²) in [6, 6.07) is 5.85. The summed E-state index contributed by atoms with van der Waals surface area (Å²) < 4.78 is 68.1. The third-order valence-corrected chi connectivity index (χ3v) is 8.40. The van der Waals surface area contributed by atoms with Crippen LogP contribution in [0.4, 0.5) is 17.6 Å². The molecule has 3 aromatic rings. The maximum absolute atomic E-state index is 15.4. The van der Waals surface area contributed by atoms with E-state index in [-0.39, 0.29) is 30.6 Å². The number of pyridine rings is 1. The average Bonchev–Trinajstić information content (AvgIpc) is 3.25. The van der Waals surface area contributed by atoms with Gasteiger partial charge < -0.3 is 19.1 Å². The van der Waals surface area contributed by atoms with E-state index in [9.17, 15) is 23.1 Å². The Morgan fingerprint density at radius 2 is 1.90 bits per heavy atom. The molecular weight excluding hydrogens is 550 g/mol. The predicted octanol–water partition coefficient (Wildman–Crippen LogP) is 6.38. The fourth-order valence-electron chi connectivity index (χ4n) is 4.35. The SMILES string of the molecule is Cc1cc(OCC2(C(=O)O)CCC2)ncc1-c1ccc(-c2nc(C(F)(F)F)cn2COCCS(C)(C)C)c(F)c1. The smallest absolute Gasteiger partial charge is 0.434 e. The predicted molar refractivity (Wildman–Crippen MR) is 146 cm³/mol. The van der Waals surface area contributed by atoms with Gasteiger partial charge in [0.15, 0.2) is 5.69 Å². The van der Waals surface area contributed by atoms with Crippen molar-refractivity contribution in [2.45, 2.75) is 39.1 Å². The lowest BCUT2D eigenvalue weighted by Crippen LogP contribution is -2.43. The topological polar surface area (TPSA) is 86.5 Å². The van der Waals surface area contributed by atoms with Crippen molar-refractivity contribution in [3.63, 3.8) is 0 Å². The van der Waals surface area contributed by atoms with E-state index in [0.717, 1.165) is 18.4 Å². The molecular formula is C28H33F4N3O4S. The highest BCUT2D eigenvalue weighted by molar-refractivity contribution is 8.32. The summed E-state index contributed by atoms with van der Waals surface area (Å²) >= 11 is 0. The summed E-state index contributed by atoms with van der Waals surface area (Å²) in [5.41, 5.74) is -0.319. The number of hydrogen-bond acceptors (Lipinski definition) is 5. The molecule has 12 heteroatoms. The second kappa shape index (κ2) is 11.4. The summed E-state index contributed by atoms with van der Waals surface area (Å²) in [5, 5.41) is 9.48. The second-order valence-electron chi connectivity index (χ2n) is 11.0. The Morgan fingerprint density at radius 3 is 2.45 bits per heavy atom. The van der Waals surface area contributed by atoms with Gasteiger partial charge in [0.1, 0.15) is 30.4 Å². The molecule has 0 amide bonds. The molecule has 1 saturated carbocycles. The highest BCUT2D eigenvalue weighted by atomic mass is 32.3. The molecule has 4 rings (SSSR count). The number of aryl methyl sites for hydroxylation is 1. The number of ether oxygens (including phenoxy) is 2. The molecule has 0 radical (unpaired) electrons. The van der Waals surface area contributed by atoms with E-state index in [4.69, 9.17) is 9.47 Å². The standard InChI is InChI=1S/C28H33F4N3O4S/c1-18-12-24(39-16-27(26(36)37)8-5-9-27)33-14-21(18)19-6-7-20(22(29)13-19)25-34-23(28(30,31)32)15-35(25)17-38-10-11-40(2,3)4/h6-7,12-15H,5,8-11,16-17H2,1-4H3,(H,36,37). The quantitative estimate of drug-likeness (QED) is 0.208. The highest BCUT2D eigenvalue weighted by Crippen LogP contribution is 2.42. The maximum atomic E-state index is 15.4. The minimum atomic E-state index is -4.69. The zero-order valence-corrected chi connectivity index (χ0v) is 23.7. The van der Waals surface area contributed by atoms with E-state index >= 15 is 4.39 Å². The Labute approximate surface area is 231 Å². The molecule has 0 bridgehead atoms. The Balaban J connectivity index is 1.54. The van der Waals surface area contributed by atoms with Crippen molar-refractivity contribution >= 4 is 16.0 Å². The van der Waals surface area contributed by atoms with E-state index in [1.807, 2.05) is 0 Å². The number of benzene rings is 1. The minimum Gasteiger partial charge on any atom is -0.481 e. The molecule has 218 valence electrons. The molecule has 7 nitrogen and oxygen atoms in total. The number of halogens is 4. The fraction of sp³-hybridized carbons (Fsp3) is 0.464. The van der Waals surface area contributed by atoms with Gasteiger partial charge in [-0.05, 0) is 61.8 Å². The van der Waals surface area contributed by atoms with Gasteiger partial charge in [-0.25, -0.2) is 24.4 Å². The molecule has 1 aliphatic carbocycles.